The van der Waals surface area contributed by atoms with Crippen LogP contribution in [-0.4, -0.2) is 51.3 Å². The molecular weight excluding hydrogens is 424 g/mol. The third-order valence-electron chi connectivity index (χ3n) is 8.10. The van der Waals surface area contributed by atoms with E-state index >= 15 is 0 Å². The third kappa shape index (κ3) is 5.01. The standard InChI is InChI=1S/C26H42O7/c1-8-9-20(28)32-25(7)13-10-18(15(2)3)21-22(25)26(30)14-16(4)19(31-17(5)27)11-12-24(6,29)23(21)33-26/h15,18-19,21-23,29-30H,4,8-14H2,1-3,5-7H3/t18-,19+,21-,22-,23-,24-,25-,26-/m0/s1. The molecule has 3 fully saturated rings. The monoisotopic (exact) mass is 466 g/mol. The van der Waals surface area contributed by atoms with Crippen molar-refractivity contribution in [3.63, 3.8) is 0 Å². The van der Waals surface area contributed by atoms with E-state index in [1.807, 2.05) is 13.8 Å². The van der Waals surface area contributed by atoms with E-state index in [1.54, 1.807) is 6.92 Å². The van der Waals surface area contributed by atoms with Crippen molar-refractivity contribution in [3.05, 3.63) is 12.2 Å². The van der Waals surface area contributed by atoms with Crippen LogP contribution in [-0.2, 0) is 23.8 Å². The first-order chi connectivity index (χ1) is 15.2. The van der Waals surface area contributed by atoms with Gasteiger partial charge in [-0.15, -0.1) is 0 Å². The Morgan fingerprint density at radius 3 is 2.45 bits per heavy atom. The maximum Gasteiger partial charge on any atom is 0.306 e. The molecule has 0 aromatic heterocycles. The Labute approximate surface area is 197 Å². The average molecular weight is 467 g/mol. The molecule has 0 unspecified atom stereocenters. The van der Waals surface area contributed by atoms with Gasteiger partial charge in [-0.05, 0) is 63.4 Å². The normalized spacial score (nSPS) is 43.3. The van der Waals surface area contributed by atoms with E-state index in [2.05, 4.69) is 20.4 Å². The molecule has 8 atom stereocenters. The Morgan fingerprint density at radius 2 is 1.88 bits per heavy atom. The van der Waals surface area contributed by atoms with Crippen molar-refractivity contribution in [1.82, 2.24) is 0 Å². The van der Waals surface area contributed by atoms with E-state index in [4.69, 9.17) is 14.2 Å². The van der Waals surface area contributed by atoms with Gasteiger partial charge in [0.15, 0.2) is 5.79 Å². The van der Waals surface area contributed by atoms with Crippen LogP contribution in [0.5, 0.6) is 0 Å². The molecule has 2 saturated heterocycles. The molecule has 1 aliphatic carbocycles. The van der Waals surface area contributed by atoms with Gasteiger partial charge >= 0.3 is 11.9 Å². The summed E-state index contributed by atoms with van der Waals surface area (Å²) in [5.41, 5.74) is -1.67. The smallest absolute Gasteiger partial charge is 0.306 e. The van der Waals surface area contributed by atoms with Crippen LogP contribution in [0.2, 0.25) is 0 Å². The number of carbonyl (C=O) groups is 2. The van der Waals surface area contributed by atoms with Gasteiger partial charge in [-0.2, -0.15) is 0 Å². The first-order valence-corrected chi connectivity index (χ1v) is 12.4. The topological polar surface area (TPSA) is 102 Å². The lowest BCUT2D eigenvalue weighted by molar-refractivity contribution is -0.258. The van der Waals surface area contributed by atoms with Crippen molar-refractivity contribution in [2.75, 3.05) is 0 Å². The molecule has 7 nitrogen and oxygen atoms in total. The highest BCUT2D eigenvalue weighted by Gasteiger charge is 2.69. The second kappa shape index (κ2) is 9.31. The summed E-state index contributed by atoms with van der Waals surface area (Å²) in [4.78, 5) is 24.3. The van der Waals surface area contributed by atoms with Crippen LogP contribution >= 0.6 is 0 Å². The van der Waals surface area contributed by atoms with Gasteiger partial charge in [0.05, 0.1) is 17.6 Å². The lowest BCUT2D eigenvalue weighted by Gasteiger charge is -2.51. The highest BCUT2D eigenvalue weighted by Crippen LogP contribution is 2.61. The minimum Gasteiger partial charge on any atom is -0.459 e. The molecule has 0 aromatic carbocycles. The minimum absolute atomic E-state index is 0.0461. The summed E-state index contributed by atoms with van der Waals surface area (Å²) < 4.78 is 17.9. The Balaban J connectivity index is 2.09. The maximum absolute atomic E-state index is 12.6. The van der Waals surface area contributed by atoms with Crippen LogP contribution in [0.4, 0.5) is 0 Å². The molecule has 33 heavy (non-hydrogen) atoms. The molecule has 3 rings (SSSR count). The van der Waals surface area contributed by atoms with Crippen LogP contribution in [0.1, 0.15) is 86.5 Å². The lowest BCUT2D eigenvalue weighted by Crippen LogP contribution is -2.58. The van der Waals surface area contributed by atoms with E-state index in [0.29, 0.717) is 43.6 Å². The predicted molar refractivity (Wildman–Crippen MR) is 123 cm³/mol. The van der Waals surface area contributed by atoms with Gasteiger partial charge in [0.2, 0.25) is 0 Å². The number of fused-ring (bicyclic) bond motifs is 5. The molecule has 0 amide bonds. The number of hydrogen-bond donors (Lipinski definition) is 2. The Hall–Kier alpha value is -1.44. The van der Waals surface area contributed by atoms with E-state index in [-0.39, 0.29) is 24.2 Å². The maximum atomic E-state index is 12.6. The quantitative estimate of drug-likeness (QED) is 0.468. The Bertz CT molecular complexity index is 775. The number of aliphatic hydroxyl groups is 2. The number of hydrogen-bond acceptors (Lipinski definition) is 7. The molecule has 3 aliphatic rings. The minimum atomic E-state index is -1.70. The highest BCUT2D eigenvalue weighted by atomic mass is 16.7. The largest absolute Gasteiger partial charge is 0.459 e. The van der Waals surface area contributed by atoms with E-state index in [9.17, 15) is 19.8 Å². The lowest BCUT2D eigenvalue weighted by atomic mass is 9.56. The molecule has 7 heteroatoms. The summed E-state index contributed by atoms with van der Waals surface area (Å²) in [5.74, 6) is -2.68. The molecular formula is C26H42O7. The molecule has 0 aromatic rings. The summed E-state index contributed by atoms with van der Waals surface area (Å²) in [7, 11) is 0. The molecule has 2 heterocycles. The zero-order chi connectivity index (χ0) is 24.8. The molecule has 2 bridgehead atoms. The summed E-state index contributed by atoms with van der Waals surface area (Å²) >= 11 is 0. The van der Waals surface area contributed by atoms with E-state index in [1.165, 1.54) is 6.92 Å². The van der Waals surface area contributed by atoms with Gasteiger partial charge in [0.1, 0.15) is 11.7 Å². The fourth-order valence-corrected chi connectivity index (χ4v) is 6.66. The van der Waals surface area contributed by atoms with Gasteiger partial charge in [-0.3, -0.25) is 9.59 Å². The molecule has 2 aliphatic heterocycles. The van der Waals surface area contributed by atoms with Gasteiger partial charge in [0.25, 0.3) is 0 Å². The summed E-state index contributed by atoms with van der Waals surface area (Å²) in [6.45, 7) is 15.3. The molecule has 0 radical (unpaired) electrons. The molecule has 1 saturated carbocycles. The molecule has 188 valence electrons. The third-order valence-corrected chi connectivity index (χ3v) is 8.10. The van der Waals surface area contributed by atoms with Gasteiger partial charge < -0.3 is 24.4 Å². The SMILES string of the molecule is C=C1C[C@]2(O)O[C@@H]([C@H]3[C@H](C(C)C)CC[C@](C)(OC(=O)CCC)[C@H]32)[C@@](C)(O)CC[C@H]1OC(C)=O. The van der Waals surface area contributed by atoms with Gasteiger partial charge in [-0.1, -0.05) is 27.4 Å². The van der Waals surface area contributed by atoms with Crippen LogP contribution in [0.3, 0.4) is 0 Å². The second-order valence-electron chi connectivity index (χ2n) is 11.3. The first kappa shape index (κ1) is 26.2. The van der Waals surface area contributed by atoms with Gasteiger partial charge in [-0.25, -0.2) is 0 Å². The van der Waals surface area contributed by atoms with Crippen LogP contribution in [0.25, 0.3) is 0 Å². The number of carbonyl (C=O) groups excluding carboxylic acids is 2. The molecule has 2 N–H and O–H groups in total. The van der Waals surface area contributed by atoms with Crippen LogP contribution < -0.4 is 0 Å². The predicted octanol–water partition coefficient (Wildman–Crippen LogP) is 3.90. The van der Waals surface area contributed by atoms with E-state index in [0.717, 1.165) is 6.42 Å². The number of esters is 2. The fraction of sp³-hybridized carbons (Fsp3) is 0.846. The Kier molecular flexibility index (Phi) is 7.38. The van der Waals surface area contributed by atoms with Crippen molar-refractivity contribution in [1.29, 1.82) is 0 Å². The molecule has 0 spiro atoms. The van der Waals surface area contributed by atoms with Crippen molar-refractivity contribution in [2.24, 2.45) is 23.7 Å². The highest BCUT2D eigenvalue weighted by molar-refractivity contribution is 5.70. The number of ether oxygens (including phenoxy) is 3. The zero-order valence-corrected chi connectivity index (χ0v) is 21.1. The van der Waals surface area contributed by atoms with Crippen molar-refractivity contribution >= 4 is 11.9 Å². The summed E-state index contributed by atoms with van der Waals surface area (Å²) in [5, 5.41) is 23.7. The Morgan fingerprint density at radius 1 is 1.21 bits per heavy atom. The second-order valence-corrected chi connectivity index (χ2v) is 11.3. The zero-order valence-electron chi connectivity index (χ0n) is 21.1. The van der Waals surface area contributed by atoms with E-state index < -0.39 is 41.1 Å². The van der Waals surface area contributed by atoms with Crippen molar-refractivity contribution in [3.8, 4) is 0 Å². The summed E-state index contributed by atoms with van der Waals surface area (Å²) in [6, 6.07) is 0. The van der Waals surface area contributed by atoms with Crippen LogP contribution in [0.15, 0.2) is 12.2 Å². The first-order valence-electron chi connectivity index (χ1n) is 12.4. The van der Waals surface area contributed by atoms with Crippen molar-refractivity contribution in [2.45, 2.75) is 116 Å². The van der Waals surface area contributed by atoms with Gasteiger partial charge in [0, 0.05) is 25.7 Å². The van der Waals surface area contributed by atoms with Crippen molar-refractivity contribution < 1.29 is 34.0 Å². The fourth-order valence-electron chi connectivity index (χ4n) is 6.66. The number of rotatable bonds is 5. The summed E-state index contributed by atoms with van der Waals surface area (Å²) in [6.07, 6.45) is 1.90. The average Bonchev–Trinajstić information content (AvgIpc) is 3.00. The van der Waals surface area contributed by atoms with Crippen LogP contribution in [0, 0.1) is 23.7 Å².